The minimum absolute atomic E-state index is 0.209. The first-order valence-corrected chi connectivity index (χ1v) is 10.8. The molecule has 0 saturated carbocycles. The van der Waals surface area contributed by atoms with Crippen molar-refractivity contribution in [2.45, 2.75) is 44.8 Å². The molecular weight excluding hydrogens is 402 g/mol. The number of aromatic nitrogens is 4. The molecule has 7 nitrogen and oxygen atoms in total. The van der Waals surface area contributed by atoms with E-state index in [1.807, 2.05) is 36.5 Å². The van der Waals surface area contributed by atoms with Gasteiger partial charge in [-0.1, -0.05) is 6.07 Å². The van der Waals surface area contributed by atoms with E-state index in [1.54, 1.807) is 13.3 Å². The lowest BCUT2D eigenvalue weighted by Crippen LogP contribution is -2.35. The van der Waals surface area contributed by atoms with E-state index in [2.05, 4.69) is 33.2 Å². The fourth-order valence-electron chi connectivity index (χ4n) is 4.62. The quantitative estimate of drug-likeness (QED) is 0.416. The van der Waals surface area contributed by atoms with E-state index in [-0.39, 0.29) is 11.6 Å². The molecular formula is C25H25N5O2. The van der Waals surface area contributed by atoms with Crippen molar-refractivity contribution in [3.63, 3.8) is 0 Å². The van der Waals surface area contributed by atoms with Crippen LogP contribution in [0.25, 0.3) is 26.8 Å². The van der Waals surface area contributed by atoms with Gasteiger partial charge in [0.25, 0.3) is 0 Å². The number of imidazole rings is 1. The number of benzene rings is 1. The summed E-state index contributed by atoms with van der Waals surface area (Å²) in [6.45, 7) is 12.4. The molecule has 1 aromatic carbocycles. The van der Waals surface area contributed by atoms with E-state index < -0.39 is 0 Å². The molecule has 0 N–H and O–H groups in total. The fourth-order valence-corrected chi connectivity index (χ4v) is 4.62. The Morgan fingerprint density at radius 3 is 2.78 bits per heavy atom. The minimum Gasteiger partial charge on any atom is -0.495 e. The van der Waals surface area contributed by atoms with E-state index in [0.29, 0.717) is 18.7 Å². The van der Waals surface area contributed by atoms with Crippen LogP contribution in [0.5, 0.6) is 5.75 Å². The molecule has 1 saturated heterocycles. The van der Waals surface area contributed by atoms with Crippen LogP contribution in [0.3, 0.4) is 0 Å². The molecule has 1 unspecified atom stereocenters. The zero-order valence-corrected chi connectivity index (χ0v) is 18.5. The Morgan fingerprint density at radius 1 is 1.19 bits per heavy atom. The predicted molar refractivity (Wildman–Crippen MR) is 123 cm³/mol. The molecule has 7 heteroatoms. The van der Waals surface area contributed by atoms with Crippen LogP contribution in [0.2, 0.25) is 0 Å². The second kappa shape index (κ2) is 7.88. The van der Waals surface area contributed by atoms with Gasteiger partial charge in [-0.15, -0.1) is 0 Å². The summed E-state index contributed by atoms with van der Waals surface area (Å²) in [5.74, 6) is 1.68. The Kier molecular flexibility index (Phi) is 5.03. The second-order valence-electron chi connectivity index (χ2n) is 8.82. The smallest absolute Gasteiger partial charge is 0.188 e. The molecule has 1 aliphatic rings. The standard InChI is InChI=1S/C25H25N5O2/c1-25(2)13-18(9-10-32-25)30-23(12-17-5-7-19(31-4)14-27-17)29-22-15-28-21-8-6-16(26-3)11-20(21)24(22)30/h5-8,11,14-15,18H,9-10,12-13H2,1-2,4H3. The minimum atomic E-state index is -0.209. The van der Waals surface area contributed by atoms with Crippen molar-refractivity contribution in [2.24, 2.45) is 0 Å². The first kappa shape index (κ1) is 20.4. The lowest BCUT2D eigenvalue weighted by atomic mass is 9.93. The molecule has 5 rings (SSSR count). The van der Waals surface area contributed by atoms with Crippen LogP contribution in [0.1, 0.15) is 44.2 Å². The molecule has 0 aliphatic carbocycles. The third-order valence-electron chi connectivity index (χ3n) is 6.11. The summed E-state index contributed by atoms with van der Waals surface area (Å²) in [4.78, 5) is 17.8. The van der Waals surface area contributed by atoms with Gasteiger partial charge < -0.3 is 14.0 Å². The fraction of sp³-hybridized carbons (Fsp3) is 0.360. The molecule has 1 atom stereocenters. The largest absolute Gasteiger partial charge is 0.495 e. The Labute approximate surface area is 186 Å². The van der Waals surface area contributed by atoms with Gasteiger partial charge in [0.05, 0.1) is 42.7 Å². The van der Waals surface area contributed by atoms with E-state index in [9.17, 15) is 0 Å². The highest BCUT2D eigenvalue weighted by Crippen LogP contribution is 2.38. The number of ether oxygens (including phenoxy) is 2. The monoisotopic (exact) mass is 427 g/mol. The van der Waals surface area contributed by atoms with Gasteiger partial charge in [0, 0.05) is 30.1 Å². The SMILES string of the molecule is [C-]#[N+]c1ccc2ncc3nc(Cc4ccc(OC)cn4)n(C4CCOC(C)(C)C4)c3c2c1. The van der Waals surface area contributed by atoms with Crippen molar-refractivity contribution in [3.8, 4) is 5.75 Å². The van der Waals surface area contributed by atoms with Crippen LogP contribution in [-0.4, -0.2) is 38.8 Å². The average Bonchev–Trinajstić information content (AvgIpc) is 3.17. The van der Waals surface area contributed by atoms with E-state index in [4.69, 9.17) is 21.0 Å². The summed E-state index contributed by atoms with van der Waals surface area (Å²) in [6, 6.07) is 9.79. The van der Waals surface area contributed by atoms with Crippen LogP contribution < -0.4 is 4.74 Å². The third-order valence-corrected chi connectivity index (χ3v) is 6.11. The third kappa shape index (κ3) is 3.67. The van der Waals surface area contributed by atoms with Crippen molar-refractivity contribution < 1.29 is 9.47 Å². The van der Waals surface area contributed by atoms with Crippen molar-refractivity contribution in [1.82, 2.24) is 19.5 Å². The summed E-state index contributed by atoms with van der Waals surface area (Å²) in [5, 5.41) is 0.960. The molecule has 0 amide bonds. The van der Waals surface area contributed by atoms with E-state index >= 15 is 0 Å². The second-order valence-corrected chi connectivity index (χ2v) is 8.82. The molecule has 1 fully saturated rings. The van der Waals surface area contributed by atoms with Crippen molar-refractivity contribution in [3.05, 3.63) is 65.7 Å². The van der Waals surface area contributed by atoms with Crippen LogP contribution in [0, 0.1) is 6.57 Å². The Morgan fingerprint density at radius 2 is 2.06 bits per heavy atom. The zero-order chi connectivity index (χ0) is 22.3. The summed E-state index contributed by atoms with van der Waals surface area (Å²) >= 11 is 0. The molecule has 32 heavy (non-hydrogen) atoms. The topological polar surface area (TPSA) is 66.4 Å². The highest BCUT2D eigenvalue weighted by Gasteiger charge is 2.32. The van der Waals surface area contributed by atoms with Crippen LogP contribution in [-0.2, 0) is 11.2 Å². The summed E-state index contributed by atoms with van der Waals surface area (Å²) in [7, 11) is 1.64. The van der Waals surface area contributed by atoms with Crippen LogP contribution >= 0.6 is 0 Å². The van der Waals surface area contributed by atoms with Gasteiger partial charge in [-0.3, -0.25) is 9.97 Å². The number of hydrogen-bond donors (Lipinski definition) is 0. The highest BCUT2D eigenvalue weighted by molar-refractivity contribution is 6.03. The average molecular weight is 428 g/mol. The van der Waals surface area contributed by atoms with E-state index in [1.165, 1.54) is 0 Å². The molecule has 0 spiro atoms. The summed E-state index contributed by atoms with van der Waals surface area (Å²) in [6.07, 6.45) is 5.96. The van der Waals surface area contributed by atoms with Gasteiger partial charge in [-0.2, -0.15) is 0 Å². The number of nitrogens with zero attached hydrogens (tertiary/aromatic N) is 5. The predicted octanol–water partition coefficient (Wildman–Crippen LogP) is 5.26. The van der Waals surface area contributed by atoms with Crippen molar-refractivity contribution in [2.75, 3.05) is 13.7 Å². The highest BCUT2D eigenvalue weighted by atomic mass is 16.5. The molecule has 4 heterocycles. The van der Waals surface area contributed by atoms with Gasteiger partial charge >= 0.3 is 0 Å². The number of rotatable bonds is 4. The Bertz CT molecular complexity index is 1330. The number of methoxy groups -OCH3 is 1. The summed E-state index contributed by atoms with van der Waals surface area (Å²) in [5.41, 5.74) is 4.06. The van der Waals surface area contributed by atoms with Gasteiger partial charge in [-0.25, -0.2) is 9.83 Å². The zero-order valence-electron chi connectivity index (χ0n) is 18.5. The van der Waals surface area contributed by atoms with Crippen molar-refractivity contribution >= 4 is 27.6 Å². The molecule has 0 bridgehead atoms. The first-order chi connectivity index (χ1) is 15.5. The first-order valence-electron chi connectivity index (χ1n) is 10.8. The van der Waals surface area contributed by atoms with E-state index in [0.717, 1.165) is 52.0 Å². The number of pyridine rings is 2. The lowest BCUT2D eigenvalue weighted by Gasteiger charge is -2.37. The lowest BCUT2D eigenvalue weighted by molar-refractivity contribution is -0.0688. The molecule has 0 radical (unpaired) electrons. The maximum Gasteiger partial charge on any atom is 0.188 e. The molecule has 3 aromatic heterocycles. The van der Waals surface area contributed by atoms with Gasteiger partial charge in [0.2, 0.25) is 0 Å². The van der Waals surface area contributed by atoms with Gasteiger partial charge in [-0.05, 0) is 51.0 Å². The maximum absolute atomic E-state index is 7.46. The number of hydrogen-bond acceptors (Lipinski definition) is 5. The van der Waals surface area contributed by atoms with Crippen LogP contribution in [0.15, 0.2) is 42.7 Å². The van der Waals surface area contributed by atoms with Gasteiger partial charge in [0.1, 0.15) is 17.1 Å². The van der Waals surface area contributed by atoms with Gasteiger partial charge in [0.15, 0.2) is 5.69 Å². The molecule has 1 aliphatic heterocycles. The Balaban J connectivity index is 1.71. The molecule has 4 aromatic rings. The van der Waals surface area contributed by atoms with Crippen LogP contribution in [0.4, 0.5) is 5.69 Å². The summed E-state index contributed by atoms with van der Waals surface area (Å²) < 4.78 is 13.6. The molecule has 162 valence electrons. The van der Waals surface area contributed by atoms with Crippen molar-refractivity contribution in [1.29, 1.82) is 0 Å². The Hall–Kier alpha value is -3.50. The number of fused-ring (bicyclic) bond motifs is 3. The normalized spacial score (nSPS) is 18.0. The maximum atomic E-state index is 7.46.